The highest BCUT2D eigenvalue weighted by molar-refractivity contribution is 6.30. The Bertz CT molecular complexity index is 765. The van der Waals surface area contributed by atoms with Gasteiger partial charge in [-0.2, -0.15) is 5.26 Å². The van der Waals surface area contributed by atoms with Crippen molar-refractivity contribution in [2.45, 2.75) is 18.9 Å². The molecule has 2 heterocycles. The Balaban J connectivity index is 1.95. The minimum Gasteiger partial charge on any atom is -0.465 e. The maximum atomic E-state index is 11.2. The summed E-state index contributed by atoms with van der Waals surface area (Å²) >= 11 is 5.90. The SMILES string of the molecule is N#Cc1cc(Cl)ccc1-c1cnc(C2CCCN2C(=O)O)[nH]1. The van der Waals surface area contributed by atoms with E-state index < -0.39 is 6.09 Å². The number of carboxylic acid groups (broad SMARTS) is 1. The van der Waals surface area contributed by atoms with Gasteiger partial charge in [0.1, 0.15) is 5.82 Å². The smallest absolute Gasteiger partial charge is 0.407 e. The fourth-order valence-electron chi connectivity index (χ4n) is 2.77. The van der Waals surface area contributed by atoms with Crippen LogP contribution < -0.4 is 0 Å². The van der Waals surface area contributed by atoms with Gasteiger partial charge in [0.2, 0.25) is 0 Å². The minimum absolute atomic E-state index is 0.260. The van der Waals surface area contributed by atoms with E-state index in [1.807, 2.05) is 0 Å². The zero-order chi connectivity index (χ0) is 15.7. The van der Waals surface area contributed by atoms with E-state index in [-0.39, 0.29) is 6.04 Å². The van der Waals surface area contributed by atoms with E-state index >= 15 is 0 Å². The molecule has 1 unspecified atom stereocenters. The zero-order valence-electron chi connectivity index (χ0n) is 11.6. The number of aromatic amines is 1. The van der Waals surface area contributed by atoms with Crippen molar-refractivity contribution in [2.24, 2.45) is 0 Å². The first kappa shape index (κ1) is 14.4. The highest BCUT2D eigenvalue weighted by atomic mass is 35.5. The molecular weight excluding hydrogens is 304 g/mol. The molecule has 112 valence electrons. The second kappa shape index (κ2) is 5.70. The fraction of sp³-hybridized carbons (Fsp3) is 0.267. The Morgan fingerprint density at radius 1 is 1.55 bits per heavy atom. The molecule has 0 saturated carbocycles. The molecule has 1 saturated heterocycles. The number of rotatable bonds is 2. The molecule has 2 aromatic rings. The molecule has 1 aromatic carbocycles. The Morgan fingerprint density at radius 2 is 2.36 bits per heavy atom. The predicted molar refractivity (Wildman–Crippen MR) is 80.5 cm³/mol. The van der Waals surface area contributed by atoms with Crippen molar-refractivity contribution < 1.29 is 9.90 Å². The van der Waals surface area contributed by atoms with Crippen LogP contribution in [0.2, 0.25) is 5.02 Å². The van der Waals surface area contributed by atoms with Gasteiger partial charge in [0.05, 0.1) is 29.6 Å². The van der Waals surface area contributed by atoms with Gasteiger partial charge in [-0.15, -0.1) is 0 Å². The number of carbonyl (C=O) groups is 1. The van der Waals surface area contributed by atoms with E-state index in [0.717, 1.165) is 12.8 Å². The molecule has 0 bridgehead atoms. The van der Waals surface area contributed by atoms with Crippen LogP contribution in [0.5, 0.6) is 0 Å². The highest BCUT2D eigenvalue weighted by Crippen LogP contribution is 2.32. The van der Waals surface area contributed by atoms with Crippen LogP contribution >= 0.6 is 11.6 Å². The number of nitrogens with zero attached hydrogens (tertiary/aromatic N) is 3. The molecule has 2 N–H and O–H groups in total. The van der Waals surface area contributed by atoms with Crippen LogP contribution in [0.4, 0.5) is 4.79 Å². The van der Waals surface area contributed by atoms with Crippen molar-refractivity contribution in [3.63, 3.8) is 0 Å². The van der Waals surface area contributed by atoms with Gasteiger partial charge in [-0.05, 0) is 25.0 Å². The minimum atomic E-state index is -0.940. The average Bonchev–Trinajstić information content (AvgIpc) is 3.15. The summed E-state index contributed by atoms with van der Waals surface area (Å²) < 4.78 is 0. The molecule has 1 amide bonds. The first-order chi connectivity index (χ1) is 10.6. The molecule has 7 heteroatoms. The van der Waals surface area contributed by atoms with Crippen molar-refractivity contribution in [1.82, 2.24) is 14.9 Å². The normalized spacial score (nSPS) is 17.5. The molecule has 1 fully saturated rings. The zero-order valence-corrected chi connectivity index (χ0v) is 12.3. The first-order valence-electron chi connectivity index (χ1n) is 6.84. The summed E-state index contributed by atoms with van der Waals surface area (Å²) in [6, 6.07) is 6.90. The van der Waals surface area contributed by atoms with Crippen molar-refractivity contribution in [2.75, 3.05) is 6.54 Å². The van der Waals surface area contributed by atoms with Gasteiger partial charge in [0.25, 0.3) is 0 Å². The molecule has 1 aliphatic rings. The van der Waals surface area contributed by atoms with Crippen molar-refractivity contribution in [1.29, 1.82) is 5.26 Å². The van der Waals surface area contributed by atoms with Crippen molar-refractivity contribution in [3.05, 3.63) is 40.8 Å². The summed E-state index contributed by atoms with van der Waals surface area (Å²) in [4.78, 5) is 20.1. The van der Waals surface area contributed by atoms with Crippen molar-refractivity contribution >= 4 is 17.7 Å². The third-order valence-corrected chi connectivity index (χ3v) is 4.04. The third-order valence-electron chi connectivity index (χ3n) is 3.80. The number of aromatic nitrogens is 2. The number of halogens is 1. The number of likely N-dealkylation sites (tertiary alicyclic amines) is 1. The van der Waals surface area contributed by atoms with Crippen LogP contribution in [0, 0.1) is 11.3 Å². The lowest BCUT2D eigenvalue weighted by Gasteiger charge is -2.19. The largest absolute Gasteiger partial charge is 0.465 e. The molecule has 0 radical (unpaired) electrons. The Kier molecular flexibility index (Phi) is 3.73. The topological polar surface area (TPSA) is 93.0 Å². The second-order valence-electron chi connectivity index (χ2n) is 5.12. The lowest BCUT2D eigenvalue weighted by molar-refractivity contribution is 0.139. The van der Waals surface area contributed by atoms with Gasteiger partial charge in [-0.1, -0.05) is 17.7 Å². The van der Waals surface area contributed by atoms with Crippen LogP contribution in [-0.4, -0.2) is 32.6 Å². The lowest BCUT2D eigenvalue weighted by atomic mass is 10.1. The quantitative estimate of drug-likeness (QED) is 0.887. The van der Waals surface area contributed by atoms with Gasteiger partial charge in [-0.25, -0.2) is 9.78 Å². The molecule has 3 rings (SSSR count). The molecule has 1 aliphatic heterocycles. The Hall–Kier alpha value is -2.52. The van der Waals surface area contributed by atoms with Crippen LogP contribution in [0.3, 0.4) is 0 Å². The highest BCUT2D eigenvalue weighted by Gasteiger charge is 2.31. The number of hydrogen-bond acceptors (Lipinski definition) is 3. The number of amides is 1. The summed E-state index contributed by atoms with van der Waals surface area (Å²) in [7, 11) is 0. The molecule has 22 heavy (non-hydrogen) atoms. The number of nitriles is 1. The van der Waals surface area contributed by atoms with E-state index in [2.05, 4.69) is 16.0 Å². The number of hydrogen-bond donors (Lipinski definition) is 2. The molecule has 0 aliphatic carbocycles. The lowest BCUT2D eigenvalue weighted by Crippen LogP contribution is -2.29. The fourth-order valence-corrected chi connectivity index (χ4v) is 2.94. The van der Waals surface area contributed by atoms with Gasteiger partial charge in [0.15, 0.2) is 0 Å². The summed E-state index contributed by atoms with van der Waals surface area (Å²) in [5.74, 6) is 0.605. The Morgan fingerprint density at radius 3 is 3.09 bits per heavy atom. The first-order valence-corrected chi connectivity index (χ1v) is 7.22. The second-order valence-corrected chi connectivity index (χ2v) is 5.55. The average molecular weight is 317 g/mol. The van der Waals surface area contributed by atoms with E-state index in [1.54, 1.807) is 24.4 Å². The maximum absolute atomic E-state index is 11.2. The molecule has 0 spiro atoms. The monoisotopic (exact) mass is 316 g/mol. The van der Waals surface area contributed by atoms with Gasteiger partial charge < -0.3 is 10.1 Å². The molecule has 1 atom stereocenters. The number of nitrogens with one attached hydrogen (secondary N) is 1. The predicted octanol–water partition coefficient (Wildman–Crippen LogP) is 3.42. The standard InChI is InChI=1S/C15H13ClN4O2/c16-10-3-4-11(9(6-10)7-17)12-8-18-14(19-12)13-2-1-5-20(13)15(21)22/h3-4,6,8,13H,1-2,5H2,(H,18,19)(H,21,22). The number of benzene rings is 1. The third kappa shape index (κ3) is 2.51. The summed E-state index contributed by atoms with van der Waals surface area (Å²) in [6.07, 6.45) is 2.24. The van der Waals surface area contributed by atoms with E-state index in [1.165, 1.54) is 4.90 Å². The van der Waals surface area contributed by atoms with E-state index in [9.17, 15) is 15.2 Å². The van der Waals surface area contributed by atoms with Gasteiger partial charge >= 0.3 is 6.09 Å². The van der Waals surface area contributed by atoms with Crippen LogP contribution in [-0.2, 0) is 0 Å². The van der Waals surface area contributed by atoms with E-state index in [4.69, 9.17) is 11.6 Å². The maximum Gasteiger partial charge on any atom is 0.407 e. The van der Waals surface area contributed by atoms with Crippen LogP contribution in [0.1, 0.15) is 30.3 Å². The van der Waals surface area contributed by atoms with Crippen LogP contribution in [0.15, 0.2) is 24.4 Å². The van der Waals surface area contributed by atoms with Crippen LogP contribution in [0.25, 0.3) is 11.3 Å². The van der Waals surface area contributed by atoms with E-state index in [0.29, 0.717) is 34.2 Å². The molecular formula is C15H13ClN4O2. The molecule has 6 nitrogen and oxygen atoms in total. The summed E-state index contributed by atoms with van der Waals surface area (Å²) in [5.41, 5.74) is 1.83. The Labute approximate surface area is 132 Å². The van der Waals surface area contributed by atoms with Gasteiger partial charge in [0, 0.05) is 17.1 Å². The number of H-pyrrole nitrogens is 1. The molecule has 1 aromatic heterocycles. The summed E-state index contributed by atoms with van der Waals surface area (Å²) in [5, 5.41) is 18.9. The number of imidazole rings is 1. The summed E-state index contributed by atoms with van der Waals surface area (Å²) in [6.45, 7) is 0.514. The van der Waals surface area contributed by atoms with Crippen molar-refractivity contribution in [3.8, 4) is 17.3 Å². The van der Waals surface area contributed by atoms with Gasteiger partial charge in [-0.3, -0.25) is 4.90 Å².